The summed E-state index contributed by atoms with van der Waals surface area (Å²) >= 11 is 6.07. The summed E-state index contributed by atoms with van der Waals surface area (Å²) in [6, 6.07) is 6.50. The maximum absolute atomic E-state index is 6.07. The van der Waals surface area contributed by atoms with Gasteiger partial charge in [-0.15, -0.1) is 0 Å². The fourth-order valence-corrected chi connectivity index (χ4v) is 1.84. The Morgan fingerprint density at radius 1 is 1.54 bits per heavy atom. The van der Waals surface area contributed by atoms with Gasteiger partial charge in [0.05, 0.1) is 16.4 Å². The first-order chi connectivity index (χ1) is 6.20. The minimum Gasteiger partial charge on any atom is -0.380 e. The first kappa shape index (κ1) is 8.70. The molecule has 0 saturated heterocycles. The summed E-state index contributed by atoms with van der Waals surface area (Å²) < 4.78 is 0. The van der Waals surface area contributed by atoms with Crippen molar-refractivity contribution in [2.24, 2.45) is 0 Å². The molecule has 0 aliphatic carbocycles. The van der Waals surface area contributed by atoms with Crippen molar-refractivity contribution in [3.05, 3.63) is 23.2 Å². The van der Waals surface area contributed by atoms with Crippen molar-refractivity contribution in [1.29, 1.82) is 0 Å². The van der Waals surface area contributed by atoms with Gasteiger partial charge in [-0.25, -0.2) is 0 Å². The topological polar surface area (TPSA) is 15.3 Å². The van der Waals surface area contributed by atoms with E-state index in [4.69, 9.17) is 11.6 Å². The third kappa shape index (κ3) is 1.35. The van der Waals surface area contributed by atoms with Crippen LogP contribution in [0.5, 0.6) is 0 Å². The lowest BCUT2D eigenvalue weighted by atomic mass is 10.1. The van der Waals surface area contributed by atoms with Gasteiger partial charge in [0.1, 0.15) is 0 Å². The molecule has 0 aromatic heterocycles. The summed E-state index contributed by atoms with van der Waals surface area (Å²) in [4.78, 5) is 2.25. The monoisotopic (exact) mass is 196 g/mol. The number of rotatable bonds is 0. The molecule has 0 radical (unpaired) electrons. The number of nitrogens with zero attached hydrogens (tertiary/aromatic N) is 1. The van der Waals surface area contributed by atoms with Crippen LogP contribution in [0.3, 0.4) is 0 Å². The molecule has 1 N–H and O–H groups in total. The van der Waals surface area contributed by atoms with Gasteiger partial charge in [-0.05, 0) is 19.1 Å². The Morgan fingerprint density at radius 2 is 2.31 bits per heavy atom. The van der Waals surface area contributed by atoms with Gasteiger partial charge in [0.15, 0.2) is 0 Å². The molecule has 1 aromatic carbocycles. The zero-order valence-electron chi connectivity index (χ0n) is 7.84. The SMILES string of the molecule is CC1CNc2c(Cl)cccc2N1C. The Labute approximate surface area is 83.5 Å². The molecule has 0 fully saturated rings. The third-order valence-corrected chi connectivity index (χ3v) is 2.92. The van der Waals surface area contributed by atoms with Crippen molar-refractivity contribution in [3.63, 3.8) is 0 Å². The molecule has 2 nitrogen and oxygen atoms in total. The highest BCUT2D eigenvalue weighted by Gasteiger charge is 2.20. The summed E-state index contributed by atoms with van der Waals surface area (Å²) in [5.74, 6) is 0. The zero-order chi connectivity index (χ0) is 9.42. The molecular weight excluding hydrogens is 184 g/mol. The number of benzene rings is 1. The van der Waals surface area contributed by atoms with E-state index in [9.17, 15) is 0 Å². The second-order valence-corrected chi connectivity index (χ2v) is 3.88. The van der Waals surface area contributed by atoms with Crippen LogP contribution in [0.15, 0.2) is 18.2 Å². The molecule has 3 heteroatoms. The lowest BCUT2D eigenvalue weighted by Crippen LogP contribution is -2.39. The number of para-hydroxylation sites is 1. The van der Waals surface area contributed by atoms with Crippen molar-refractivity contribution in [2.45, 2.75) is 13.0 Å². The van der Waals surface area contributed by atoms with Crippen molar-refractivity contribution in [3.8, 4) is 0 Å². The Morgan fingerprint density at radius 3 is 3.08 bits per heavy atom. The van der Waals surface area contributed by atoms with Gasteiger partial charge in [0.25, 0.3) is 0 Å². The first-order valence-electron chi connectivity index (χ1n) is 4.45. The van der Waals surface area contributed by atoms with E-state index in [-0.39, 0.29) is 0 Å². The molecule has 1 unspecified atom stereocenters. The van der Waals surface area contributed by atoms with Crippen LogP contribution in [0, 0.1) is 0 Å². The van der Waals surface area contributed by atoms with Crippen LogP contribution in [0.4, 0.5) is 11.4 Å². The van der Waals surface area contributed by atoms with E-state index in [0.717, 1.165) is 17.3 Å². The maximum Gasteiger partial charge on any atom is 0.0768 e. The normalized spacial score (nSPS) is 20.8. The van der Waals surface area contributed by atoms with Crippen LogP contribution in [-0.2, 0) is 0 Å². The molecule has 1 aliphatic heterocycles. The molecule has 0 saturated carbocycles. The first-order valence-corrected chi connectivity index (χ1v) is 4.83. The number of halogens is 1. The van der Waals surface area contributed by atoms with Gasteiger partial charge in [-0.2, -0.15) is 0 Å². The lowest BCUT2D eigenvalue weighted by molar-refractivity contribution is 0.699. The number of hydrogen-bond donors (Lipinski definition) is 1. The Hall–Kier alpha value is -0.890. The summed E-state index contributed by atoms with van der Waals surface area (Å²) in [7, 11) is 2.10. The van der Waals surface area contributed by atoms with Crippen molar-refractivity contribution in [2.75, 3.05) is 23.8 Å². The number of likely N-dealkylation sites (N-methyl/N-ethyl adjacent to an activating group) is 1. The third-order valence-electron chi connectivity index (χ3n) is 2.61. The lowest BCUT2D eigenvalue weighted by Gasteiger charge is -2.35. The molecular formula is C10H13ClN2. The molecule has 13 heavy (non-hydrogen) atoms. The van der Waals surface area contributed by atoms with Gasteiger partial charge in [0.2, 0.25) is 0 Å². The quantitative estimate of drug-likeness (QED) is 0.686. The van der Waals surface area contributed by atoms with Gasteiger partial charge in [-0.1, -0.05) is 17.7 Å². The highest BCUT2D eigenvalue weighted by molar-refractivity contribution is 6.34. The fraction of sp³-hybridized carbons (Fsp3) is 0.400. The Bertz CT molecular complexity index is 325. The second-order valence-electron chi connectivity index (χ2n) is 3.47. The van der Waals surface area contributed by atoms with E-state index in [0.29, 0.717) is 6.04 Å². The number of fused-ring (bicyclic) bond motifs is 1. The van der Waals surface area contributed by atoms with E-state index in [2.05, 4.69) is 30.3 Å². The predicted molar refractivity (Wildman–Crippen MR) is 57.8 cm³/mol. The van der Waals surface area contributed by atoms with Gasteiger partial charge < -0.3 is 10.2 Å². The Kier molecular flexibility index (Phi) is 2.08. The van der Waals surface area contributed by atoms with Gasteiger partial charge >= 0.3 is 0 Å². The molecule has 1 aromatic rings. The standard InChI is InChI=1S/C10H13ClN2/c1-7-6-12-10-8(11)4-3-5-9(10)13(7)2/h3-5,7,12H,6H2,1-2H3. The Balaban J connectivity index is 2.49. The van der Waals surface area contributed by atoms with Crippen LogP contribution in [0.25, 0.3) is 0 Å². The molecule has 1 aliphatic rings. The second kappa shape index (κ2) is 3.11. The van der Waals surface area contributed by atoms with E-state index in [1.54, 1.807) is 0 Å². The van der Waals surface area contributed by atoms with E-state index >= 15 is 0 Å². The van der Waals surface area contributed by atoms with Crippen molar-refractivity contribution >= 4 is 23.0 Å². The van der Waals surface area contributed by atoms with Crippen LogP contribution in [0.1, 0.15) is 6.92 Å². The largest absolute Gasteiger partial charge is 0.380 e. The molecule has 1 atom stereocenters. The van der Waals surface area contributed by atoms with Crippen molar-refractivity contribution < 1.29 is 0 Å². The average Bonchev–Trinajstić information content (AvgIpc) is 2.12. The van der Waals surface area contributed by atoms with Gasteiger partial charge in [-0.3, -0.25) is 0 Å². The number of nitrogens with one attached hydrogen (secondary N) is 1. The fourth-order valence-electron chi connectivity index (χ4n) is 1.61. The summed E-state index contributed by atoms with van der Waals surface area (Å²) in [5, 5.41) is 4.14. The highest BCUT2D eigenvalue weighted by Crippen LogP contribution is 2.35. The highest BCUT2D eigenvalue weighted by atomic mass is 35.5. The smallest absolute Gasteiger partial charge is 0.0768 e. The van der Waals surface area contributed by atoms with E-state index in [1.807, 2.05) is 12.1 Å². The zero-order valence-corrected chi connectivity index (χ0v) is 8.60. The number of hydrogen-bond acceptors (Lipinski definition) is 2. The maximum atomic E-state index is 6.07. The van der Waals surface area contributed by atoms with Crippen LogP contribution < -0.4 is 10.2 Å². The molecule has 0 bridgehead atoms. The van der Waals surface area contributed by atoms with E-state index in [1.165, 1.54) is 5.69 Å². The molecule has 70 valence electrons. The molecule has 0 spiro atoms. The number of anilines is 2. The van der Waals surface area contributed by atoms with Crippen LogP contribution in [0.2, 0.25) is 5.02 Å². The average molecular weight is 197 g/mol. The minimum atomic E-state index is 0.519. The minimum absolute atomic E-state index is 0.519. The van der Waals surface area contributed by atoms with Crippen molar-refractivity contribution in [1.82, 2.24) is 0 Å². The molecule has 2 rings (SSSR count). The van der Waals surface area contributed by atoms with Crippen LogP contribution >= 0.6 is 11.6 Å². The molecule has 1 heterocycles. The molecule has 0 amide bonds. The van der Waals surface area contributed by atoms with E-state index < -0.39 is 0 Å². The predicted octanol–water partition coefficient (Wildman–Crippen LogP) is 2.59. The van der Waals surface area contributed by atoms with Crippen LogP contribution in [-0.4, -0.2) is 19.6 Å². The summed E-state index contributed by atoms with van der Waals surface area (Å²) in [6.07, 6.45) is 0. The van der Waals surface area contributed by atoms with Gasteiger partial charge in [0, 0.05) is 19.6 Å². The summed E-state index contributed by atoms with van der Waals surface area (Å²) in [5.41, 5.74) is 2.25. The summed E-state index contributed by atoms with van der Waals surface area (Å²) in [6.45, 7) is 3.14.